The Labute approximate surface area is 109 Å². The van der Waals surface area contributed by atoms with Crippen molar-refractivity contribution in [2.24, 2.45) is 7.05 Å². The molecule has 0 aromatic carbocycles. The van der Waals surface area contributed by atoms with E-state index in [-0.39, 0.29) is 5.92 Å². The molecule has 1 unspecified atom stereocenters. The van der Waals surface area contributed by atoms with E-state index in [2.05, 4.69) is 15.1 Å². The molecule has 1 rings (SSSR count). The predicted octanol–water partition coefficient (Wildman–Crippen LogP) is 0.893. The van der Waals surface area contributed by atoms with E-state index in [1.165, 1.54) is 0 Å². The highest BCUT2D eigenvalue weighted by atomic mass is 32.2. The molecule has 7 heteroatoms. The molecule has 1 aromatic heterocycles. The fraction of sp³-hybridized carbons (Fsp3) is 0.727. The van der Waals surface area contributed by atoms with Gasteiger partial charge in [-0.3, -0.25) is 9.40 Å². The number of nitrogens with zero attached hydrogens (tertiary/aromatic N) is 2. The van der Waals surface area contributed by atoms with Crippen LogP contribution >= 0.6 is 0 Å². The van der Waals surface area contributed by atoms with E-state index in [1.807, 2.05) is 13.8 Å². The molecule has 0 aliphatic heterocycles. The van der Waals surface area contributed by atoms with Crippen molar-refractivity contribution >= 4 is 15.7 Å². The van der Waals surface area contributed by atoms with Crippen LogP contribution < -0.4 is 10.0 Å². The molecule has 0 amide bonds. The molecule has 2 N–H and O–H groups in total. The van der Waals surface area contributed by atoms with Crippen molar-refractivity contribution in [2.45, 2.75) is 31.9 Å². The van der Waals surface area contributed by atoms with Gasteiger partial charge in [0, 0.05) is 19.8 Å². The number of sulfonamides is 1. The van der Waals surface area contributed by atoms with E-state index < -0.39 is 15.3 Å². The van der Waals surface area contributed by atoms with Crippen molar-refractivity contribution in [3.8, 4) is 0 Å². The van der Waals surface area contributed by atoms with E-state index in [9.17, 15) is 8.42 Å². The smallest absolute Gasteiger partial charge is 0.236 e. The summed E-state index contributed by atoms with van der Waals surface area (Å²) in [6.45, 7) is 6.05. The summed E-state index contributed by atoms with van der Waals surface area (Å²) in [6.07, 6.45) is 1.69. The first kappa shape index (κ1) is 15.0. The molecular formula is C11H22N4O2S. The maximum absolute atomic E-state index is 12.1. The first-order valence-corrected chi connectivity index (χ1v) is 7.52. The van der Waals surface area contributed by atoms with Crippen molar-refractivity contribution in [1.82, 2.24) is 15.1 Å². The summed E-state index contributed by atoms with van der Waals surface area (Å²) in [7, 11) is 0.126. The molecule has 0 fully saturated rings. The molecule has 0 spiro atoms. The SMILES string of the molecule is CNCC(C)S(=O)(=O)Nc1cn(C)nc1C(C)C. The van der Waals surface area contributed by atoms with Crippen LogP contribution in [0.15, 0.2) is 6.20 Å². The molecule has 0 aliphatic rings. The molecule has 0 saturated heterocycles. The van der Waals surface area contributed by atoms with Crippen LogP contribution in [0.25, 0.3) is 0 Å². The summed E-state index contributed by atoms with van der Waals surface area (Å²) in [6, 6.07) is 0. The van der Waals surface area contributed by atoms with Crippen LogP contribution in [-0.4, -0.2) is 37.0 Å². The number of nitrogens with one attached hydrogen (secondary N) is 2. The largest absolute Gasteiger partial charge is 0.318 e. The Bertz CT molecular complexity index is 493. The fourth-order valence-electron chi connectivity index (χ4n) is 1.66. The molecule has 1 atom stereocenters. The predicted molar refractivity (Wildman–Crippen MR) is 73.2 cm³/mol. The van der Waals surface area contributed by atoms with Crippen molar-refractivity contribution in [3.63, 3.8) is 0 Å². The number of hydrogen-bond donors (Lipinski definition) is 2. The van der Waals surface area contributed by atoms with E-state index in [0.717, 1.165) is 5.69 Å². The molecule has 0 radical (unpaired) electrons. The third-order valence-electron chi connectivity index (χ3n) is 2.68. The Morgan fingerprint density at radius 3 is 2.50 bits per heavy atom. The van der Waals surface area contributed by atoms with Crippen LogP contribution in [0, 0.1) is 0 Å². The molecule has 104 valence electrons. The molecule has 1 aromatic rings. The van der Waals surface area contributed by atoms with Gasteiger partial charge in [0.05, 0.1) is 16.6 Å². The van der Waals surface area contributed by atoms with Crippen LogP contribution in [0.2, 0.25) is 0 Å². The lowest BCUT2D eigenvalue weighted by atomic mass is 10.1. The van der Waals surface area contributed by atoms with Gasteiger partial charge in [0.1, 0.15) is 0 Å². The van der Waals surface area contributed by atoms with Crippen LogP contribution in [-0.2, 0) is 17.1 Å². The quantitative estimate of drug-likeness (QED) is 0.808. The molecule has 18 heavy (non-hydrogen) atoms. The maximum atomic E-state index is 12.1. The minimum Gasteiger partial charge on any atom is -0.318 e. The normalized spacial score (nSPS) is 13.9. The van der Waals surface area contributed by atoms with Crippen LogP contribution in [0.4, 0.5) is 5.69 Å². The Kier molecular flexibility index (Phi) is 4.75. The van der Waals surface area contributed by atoms with Crippen molar-refractivity contribution in [3.05, 3.63) is 11.9 Å². The van der Waals surface area contributed by atoms with Gasteiger partial charge in [-0.1, -0.05) is 13.8 Å². The van der Waals surface area contributed by atoms with Crippen molar-refractivity contribution in [1.29, 1.82) is 0 Å². The Morgan fingerprint density at radius 1 is 1.39 bits per heavy atom. The summed E-state index contributed by atoms with van der Waals surface area (Å²) in [5.41, 5.74) is 1.33. The van der Waals surface area contributed by atoms with Gasteiger partial charge in [0.15, 0.2) is 0 Å². The van der Waals surface area contributed by atoms with Gasteiger partial charge in [-0.25, -0.2) is 8.42 Å². The minimum atomic E-state index is -3.38. The monoisotopic (exact) mass is 274 g/mol. The van der Waals surface area contributed by atoms with Crippen molar-refractivity contribution in [2.75, 3.05) is 18.3 Å². The van der Waals surface area contributed by atoms with Gasteiger partial charge in [-0.05, 0) is 19.9 Å². The Morgan fingerprint density at radius 2 is 2.00 bits per heavy atom. The minimum absolute atomic E-state index is 0.170. The third-order valence-corrected chi connectivity index (χ3v) is 4.41. The Hall–Kier alpha value is -1.08. The number of hydrogen-bond acceptors (Lipinski definition) is 4. The average Bonchev–Trinajstić information content (AvgIpc) is 2.59. The highest BCUT2D eigenvalue weighted by Gasteiger charge is 2.23. The van der Waals surface area contributed by atoms with Crippen LogP contribution in [0.3, 0.4) is 0 Å². The first-order chi connectivity index (χ1) is 8.27. The zero-order valence-corrected chi connectivity index (χ0v) is 12.4. The van der Waals surface area contributed by atoms with E-state index in [4.69, 9.17) is 0 Å². The molecular weight excluding hydrogens is 252 g/mol. The lowest BCUT2D eigenvalue weighted by molar-refractivity contribution is 0.583. The Balaban J connectivity index is 2.97. The second kappa shape index (κ2) is 5.71. The zero-order chi connectivity index (χ0) is 13.9. The molecule has 1 heterocycles. The van der Waals surface area contributed by atoms with Gasteiger partial charge in [-0.15, -0.1) is 0 Å². The lowest BCUT2D eigenvalue weighted by Gasteiger charge is -2.14. The summed E-state index contributed by atoms with van der Waals surface area (Å²) in [5, 5.41) is 6.64. The van der Waals surface area contributed by atoms with Gasteiger partial charge >= 0.3 is 0 Å². The molecule has 0 bridgehead atoms. The lowest BCUT2D eigenvalue weighted by Crippen LogP contribution is -2.33. The average molecular weight is 274 g/mol. The van der Waals surface area contributed by atoms with Crippen LogP contribution in [0.1, 0.15) is 32.4 Å². The van der Waals surface area contributed by atoms with Gasteiger partial charge in [-0.2, -0.15) is 5.10 Å². The standard InChI is InChI=1S/C11H22N4O2S/c1-8(2)11-10(7-15(5)13-11)14-18(16,17)9(3)6-12-4/h7-9,12,14H,6H2,1-5H3. The molecule has 0 saturated carbocycles. The van der Waals surface area contributed by atoms with E-state index >= 15 is 0 Å². The topological polar surface area (TPSA) is 76.0 Å². The second-order valence-electron chi connectivity index (χ2n) is 4.77. The summed E-state index contributed by atoms with van der Waals surface area (Å²) < 4.78 is 28.4. The first-order valence-electron chi connectivity index (χ1n) is 5.97. The number of aromatic nitrogens is 2. The molecule has 0 aliphatic carbocycles. The summed E-state index contributed by atoms with van der Waals surface area (Å²) >= 11 is 0. The van der Waals surface area contributed by atoms with E-state index in [0.29, 0.717) is 12.2 Å². The fourth-order valence-corrected chi connectivity index (χ4v) is 2.71. The third kappa shape index (κ3) is 3.46. The zero-order valence-electron chi connectivity index (χ0n) is 11.6. The highest BCUT2D eigenvalue weighted by Crippen LogP contribution is 2.23. The number of aryl methyl sites for hydroxylation is 1. The van der Waals surface area contributed by atoms with Gasteiger partial charge in [0.25, 0.3) is 0 Å². The summed E-state index contributed by atoms with van der Waals surface area (Å²) in [4.78, 5) is 0. The maximum Gasteiger partial charge on any atom is 0.236 e. The molecule has 6 nitrogen and oxygen atoms in total. The number of rotatable bonds is 6. The van der Waals surface area contributed by atoms with Crippen LogP contribution in [0.5, 0.6) is 0 Å². The van der Waals surface area contributed by atoms with Gasteiger partial charge < -0.3 is 5.32 Å². The van der Waals surface area contributed by atoms with Crippen molar-refractivity contribution < 1.29 is 8.42 Å². The summed E-state index contributed by atoms with van der Waals surface area (Å²) in [5.74, 6) is 0.170. The van der Waals surface area contributed by atoms with Gasteiger partial charge in [0.2, 0.25) is 10.0 Å². The number of anilines is 1. The van der Waals surface area contributed by atoms with E-state index in [1.54, 1.807) is 31.9 Å². The highest BCUT2D eigenvalue weighted by molar-refractivity contribution is 7.93. The second-order valence-corrected chi connectivity index (χ2v) is 6.87.